The molecule has 1 N–H and O–H groups in total. The predicted molar refractivity (Wildman–Crippen MR) is 87.3 cm³/mol. The van der Waals surface area contributed by atoms with Crippen molar-refractivity contribution < 1.29 is 13.9 Å². The first kappa shape index (κ1) is 13.6. The molecule has 0 aliphatic carbocycles. The van der Waals surface area contributed by atoms with Crippen LogP contribution in [0, 0.1) is 0 Å². The number of hydrogen-bond acceptors (Lipinski definition) is 4. The number of aromatic amines is 1. The van der Waals surface area contributed by atoms with Gasteiger partial charge in [0, 0.05) is 16.3 Å². The van der Waals surface area contributed by atoms with Crippen LogP contribution in [0.1, 0.15) is 17.3 Å². The van der Waals surface area contributed by atoms with E-state index in [2.05, 4.69) is 9.97 Å². The van der Waals surface area contributed by atoms with Gasteiger partial charge in [-0.25, -0.2) is 9.78 Å². The molecule has 0 atom stereocenters. The van der Waals surface area contributed by atoms with Crippen LogP contribution in [0.25, 0.3) is 33.4 Å². The lowest BCUT2D eigenvalue weighted by Crippen LogP contribution is -2.04. The maximum absolute atomic E-state index is 12.2. The normalized spacial score (nSPS) is 11.2. The van der Waals surface area contributed by atoms with E-state index < -0.39 is 0 Å². The fourth-order valence-corrected chi connectivity index (χ4v) is 2.77. The molecule has 3 aromatic heterocycles. The van der Waals surface area contributed by atoms with Gasteiger partial charge >= 0.3 is 5.97 Å². The molecule has 0 saturated carbocycles. The van der Waals surface area contributed by atoms with Gasteiger partial charge in [0.15, 0.2) is 5.76 Å². The lowest BCUT2D eigenvalue weighted by molar-refractivity contribution is 0.0529. The second kappa shape index (κ2) is 5.28. The Balaban J connectivity index is 1.95. The number of aromatic nitrogens is 2. The van der Waals surface area contributed by atoms with Gasteiger partial charge in [-0.15, -0.1) is 0 Å². The van der Waals surface area contributed by atoms with Crippen LogP contribution >= 0.6 is 0 Å². The number of pyridine rings is 1. The molecule has 4 rings (SSSR count). The van der Waals surface area contributed by atoms with Gasteiger partial charge in [-0.05, 0) is 43.3 Å². The number of carbonyl (C=O) groups is 1. The summed E-state index contributed by atoms with van der Waals surface area (Å²) < 4.78 is 10.5. The van der Waals surface area contributed by atoms with Gasteiger partial charge in [0.1, 0.15) is 11.3 Å². The largest absolute Gasteiger partial charge is 0.463 e. The molecule has 1 aromatic carbocycles. The summed E-state index contributed by atoms with van der Waals surface area (Å²) >= 11 is 0. The Morgan fingerprint density at radius 3 is 2.91 bits per heavy atom. The van der Waals surface area contributed by atoms with Crippen molar-refractivity contribution in [1.82, 2.24) is 9.97 Å². The Hall–Kier alpha value is -3.08. The van der Waals surface area contributed by atoms with E-state index in [9.17, 15) is 4.79 Å². The highest BCUT2D eigenvalue weighted by molar-refractivity contribution is 6.16. The summed E-state index contributed by atoms with van der Waals surface area (Å²) in [4.78, 5) is 20.0. The van der Waals surface area contributed by atoms with Crippen LogP contribution in [0.4, 0.5) is 0 Å². The molecule has 0 spiro atoms. The molecule has 0 fully saturated rings. The van der Waals surface area contributed by atoms with Crippen molar-refractivity contribution in [1.29, 1.82) is 0 Å². The van der Waals surface area contributed by atoms with Gasteiger partial charge in [0.25, 0.3) is 0 Å². The third-order valence-corrected chi connectivity index (χ3v) is 3.75. The fourth-order valence-electron chi connectivity index (χ4n) is 2.77. The molecule has 5 nitrogen and oxygen atoms in total. The maximum atomic E-state index is 12.2. The minimum Gasteiger partial charge on any atom is -0.463 e. The standard InChI is InChI=1S/C18H14N2O3/c1-2-22-18(21)12-5-3-6-14-16(12)11-8-9-13(19-17(11)20-14)15-7-4-10-23-15/h3-10H,2H2,1H3,(H,19,20). The van der Waals surface area contributed by atoms with Crippen LogP contribution in [-0.2, 0) is 4.74 Å². The Kier molecular flexibility index (Phi) is 3.12. The van der Waals surface area contributed by atoms with Crippen molar-refractivity contribution in [3.63, 3.8) is 0 Å². The Bertz CT molecular complexity index is 1000. The molecule has 0 radical (unpaired) electrons. The first-order valence-corrected chi connectivity index (χ1v) is 7.40. The SMILES string of the molecule is CCOC(=O)c1cccc2[nH]c3nc(-c4ccco4)ccc3c12. The maximum Gasteiger partial charge on any atom is 0.338 e. The van der Waals surface area contributed by atoms with E-state index in [1.165, 1.54) is 0 Å². The third-order valence-electron chi connectivity index (χ3n) is 3.75. The van der Waals surface area contributed by atoms with Crippen LogP contribution in [0.2, 0.25) is 0 Å². The zero-order valence-corrected chi connectivity index (χ0v) is 12.5. The number of hydrogen-bond donors (Lipinski definition) is 1. The van der Waals surface area contributed by atoms with E-state index in [0.717, 1.165) is 22.0 Å². The fraction of sp³-hybridized carbons (Fsp3) is 0.111. The molecule has 0 amide bonds. The number of carbonyl (C=O) groups excluding carboxylic acids is 1. The second-order valence-electron chi connectivity index (χ2n) is 5.14. The molecule has 114 valence electrons. The Morgan fingerprint density at radius 1 is 1.22 bits per heavy atom. The van der Waals surface area contributed by atoms with Crippen molar-refractivity contribution in [3.05, 3.63) is 54.3 Å². The van der Waals surface area contributed by atoms with Crippen molar-refractivity contribution >= 4 is 27.9 Å². The summed E-state index contributed by atoms with van der Waals surface area (Å²) in [5.41, 5.74) is 2.86. The zero-order valence-electron chi connectivity index (χ0n) is 12.5. The highest BCUT2D eigenvalue weighted by atomic mass is 16.5. The molecule has 23 heavy (non-hydrogen) atoms. The highest BCUT2D eigenvalue weighted by Gasteiger charge is 2.16. The molecule has 0 aliphatic heterocycles. The number of nitrogens with one attached hydrogen (secondary N) is 1. The van der Waals surface area contributed by atoms with Gasteiger partial charge in [0.05, 0.1) is 18.4 Å². The minimum atomic E-state index is -0.325. The van der Waals surface area contributed by atoms with E-state index in [4.69, 9.17) is 9.15 Å². The van der Waals surface area contributed by atoms with Gasteiger partial charge < -0.3 is 14.1 Å². The molecular weight excluding hydrogens is 292 g/mol. The average molecular weight is 306 g/mol. The molecule has 5 heteroatoms. The number of ether oxygens (including phenoxy) is 1. The highest BCUT2D eigenvalue weighted by Crippen LogP contribution is 2.30. The number of fused-ring (bicyclic) bond motifs is 3. The molecule has 0 aliphatic rings. The van der Waals surface area contributed by atoms with Crippen LogP contribution in [0.15, 0.2) is 53.1 Å². The topological polar surface area (TPSA) is 68.1 Å². The Morgan fingerprint density at radius 2 is 2.13 bits per heavy atom. The number of nitrogens with zero attached hydrogens (tertiary/aromatic N) is 1. The smallest absolute Gasteiger partial charge is 0.338 e. The van der Waals surface area contributed by atoms with Crippen LogP contribution in [0.3, 0.4) is 0 Å². The summed E-state index contributed by atoms with van der Waals surface area (Å²) in [5.74, 6) is 0.380. The Labute approximate surface area is 131 Å². The second-order valence-corrected chi connectivity index (χ2v) is 5.14. The third kappa shape index (κ3) is 2.17. The number of furan rings is 1. The van der Waals surface area contributed by atoms with Crippen molar-refractivity contribution in [2.45, 2.75) is 6.92 Å². The summed E-state index contributed by atoms with van der Waals surface area (Å²) in [5, 5.41) is 1.72. The molecular formula is C18H14N2O3. The van der Waals surface area contributed by atoms with E-state index in [1.807, 2.05) is 36.4 Å². The van der Waals surface area contributed by atoms with E-state index >= 15 is 0 Å². The molecule has 4 aromatic rings. The number of rotatable bonds is 3. The van der Waals surface area contributed by atoms with E-state index in [1.54, 1.807) is 19.3 Å². The van der Waals surface area contributed by atoms with Gasteiger partial charge in [0.2, 0.25) is 0 Å². The van der Waals surface area contributed by atoms with E-state index in [-0.39, 0.29) is 5.97 Å². The summed E-state index contributed by atoms with van der Waals surface area (Å²) in [6, 6.07) is 13.0. The monoisotopic (exact) mass is 306 g/mol. The average Bonchev–Trinajstić information content (AvgIpc) is 3.21. The summed E-state index contributed by atoms with van der Waals surface area (Å²) in [7, 11) is 0. The van der Waals surface area contributed by atoms with Crippen LogP contribution in [0.5, 0.6) is 0 Å². The van der Waals surface area contributed by atoms with Gasteiger partial charge in [-0.1, -0.05) is 6.07 Å². The molecule has 3 heterocycles. The summed E-state index contributed by atoms with van der Waals surface area (Å²) in [6.45, 7) is 2.14. The van der Waals surface area contributed by atoms with E-state index in [0.29, 0.717) is 23.6 Å². The number of esters is 1. The van der Waals surface area contributed by atoms with Crippen molar-refractivity contribution in [3.8, 4) is 11.5 Å². The van der Waals surface area contributed by atoms with Crippen molar-refractivity contribution in [2.24, 2.45) is 0 Å². The van der Waals surface area contributed by atoms with Crippen LogP contribution < -0.4 is 0 Å². The first-order chi connectivity index (χ1) is 11.3. The first-order valence-electron chi connectivity index (χ1n) is 7.40. The number of benzene rings is 1. The molecule has 0 bridgehead atoms. The minimum absolute atomic E-state index is 0.325. The van der Waals surface area contributed by atoms with Gasteiger partial charge in [-0.3, -0.25) is 0 Å². The summed E-state index contributed by atoms with van der Waals surface area (Å²) in [6.07, 6.45) is 1.62. The van der Waals surface area contributed by atoms with Gasteiger partial charge in [-0.2, -0.15) is 0 Å². The predicted octanol–water partition coefficient (Wildman–Crippen LogP) is 4.15. The molecule has 0 unspecified atom stereocenters. The lowest BCUT2D eigenvalue weighted by Gasteiger charge is -2.03. The zero-order chi connectivity index (χ0) is 15.8. The quantitative estimate of drug-likeness (QED) is 0.577. The van der Waals surface area contributed by atoms with Crippen LogP contribution in [-0.4, -0.2) is 22.5 Å². The lowest BCUT2D eigenvalue weighted by atomic mass is 10.1. The number of H-pyrrole nitrogens is 1. The van der Waals surface area contributed by atoms with Crippen molar-refractivity contribution in [2.75, 3.05) is 6.61 Å². The molecule has 0 saturated heterocycles.